The molecule has 0 spiro atoms. The van der Waals surface area contributed by atoms with Gasteiger partial charge in [0.1, 0.15) is 17.1 Å². The zero-order valence-corrected chi connectivity index (χ0v) is 17.5. The Balaban J connectivity index is 1.74. The summed E-state index contributed by atoms with van der Waals surface area (Å²) in [7, 11) is -3.12. The lowest BCUT2D eigenvalue weighted by Crippen LogP contribution is -2.43. The molecule has 4 rings (SSSR count). The molecule has 1 fully saturated rings. The van der Waals surface area contributed by atoms with E-state index in [9.17, 15) is 17.6 Å². The van der Waals surface area contributed by atoms with Gasteiger partial charge in [-0.2, -0.15) is 0 Å². The molecule has 7 nitrogen and oxygen atoms in total. The van der Waals surface area contributed by atoms with Crippen LogP contribution in [0.1, 0.15) is 10.6 Å². The Bertz CT molecular complexity index is 1160. The number of sulfone groups is 1. The number of halogens is 2. The molecule has 3 heterocycles. The Morgan fingerprint density at radius 2 is 2.00 bits per heavy atom. The molecule has 0 saturated carbocycles. The third-order valence-corrected chi connectivity index (χ3v) is 6.79. The predicted molar refractivity (Wildman–Crippen MR) is 111 cm³/mol. The van der Waals surface area contributed by atoms with Crippen molar-refractivity contribution < 1.29 is 22.0 Å². The molecule has 1 aliphatic rings. The number of carbonyl (C=O) groups excluding carboxylic acids is 1. The van der Waals surface area contributed by atoms with Crippen molar-refractivity contribution >= 4 is 60.7 Å². The molecule has 3 aromatic rings. The fourth-order valence-electron chi connectivity index (χ4n) is 3.00. The molecule has 146 valence electrons. The summed E-state index contributed by atoms with van der Waals surface area (Å²) in [6, 6.07) is 6.31. The van der Waals surface area contributed by atoms with E-state index < -0.39 is 21.6 Å². The number of amides is 1. The maximum Gasteiger partial charge on any atom is 0.291 e. The maximum absolute atomic E-state index is 14.3. The number of hydrogen-bond acceptors (Lipinski definition) is 6. The minimum Gasteiger partial charge on any atom is -0.448 e. The molecule has 0 bridgehead atoms. The number of nitrogens with zero attached hydrogens (tertiary/aromatic N) is 2. The first-order valence-corrected chi connectivity index (χ1v) is 11.3. The lowest BCUT2D eigenvalue weighted by atomic mass is 10.2. The first kappa shape index (κ1) is 19.1. The van der Waals surface area contributed by atoms with Crippen molar-refractivity contribution in [3.8, 4) is 0 Å². The van der Waals surface area contributed by atoms with E-state index in [1.807, 2.05) is 22.6 Å². The van der Waals surface area contributed by atoms with Crippen molar-refractivity contribution in [2.45, 2.75) is 0 Å². The van der Waals surface area contributed by atoms with Gasteiger partial charge in [-0.05, 0) is 46.9 Å². The zero-order chi connectivity index (χ0) is 19.9. The Kier molecular flexibility index (Phi) is 5.00. The van der Waals surface area contributed by atoms with E-state index >= 15 is 0 Å². The van der Waals surface area contributed by atoms with Crippen LogP contribution in [0.15, 0.2) is 41.1 Å². The number of nitrogens with one attached hydrogen (secondary N) is 1. The SMILES string of the molecule is O=C(c1oc2ccncc2c1Nc1ccc(I)cc1F)N1CCS(=O)(=O)CC1. The molecule has 28 heavy (non-hydrogen) atoms. The van der Waals surface area contributed by atoms with Crippen LogP contribution in [0.5, 0.6) is 0 Å². The number of furan rings is 1. The van der Waals surface area contributed by atoms with Gasteiger partial charge in [-0.3, -0.25) is 9.78 Å². The van der Waals surface area contributed by atoms with Crippen molar-refractivity contribution in [3.05, 3.63) is 51.8 Å². The van der Waals surface area contributed by atoms with Crippen LogP contribution in [-0.4, -0.2) is 48.8 Å². The lowest BCUT2D eigenvalue weighted by Gasteiger charge is -2.26. The summed E-state index contributed by atoms with van der Waals surface area (Å²) in [5, 5.41) is 3.49. The highest BCUT2D eigenvalue weighted by Gasteiger charge is 2.30. The number of rotatable bonds is 3. The molecular formula is C18H15FIN3O4S. The highest BCUT2D eigenvalue weighted by Crippen LogP contribution is 2.34. The third-order valence-electron chi connectivity index (χ3n) is 4.51. The largest absolute Gasteiger partial charge is 0.448 e. The number of benzene rings is 1. The summed E-state index contributed by atoms with van der Waals surface area (Å²) in [5.74, 6) is -1.09. The summed E-state index contributed by atoms with van der Waals surface area (Å²) in [5.41, 5.74) is 0.931. The predicted octanol–water partition coefficient (Wildman–Crippen LogP) is 3.19. The van der Waals surface area contributed by atoms with Gasteiger partial charge in [-0.1, -0.05) is 0 Å². The second kappa shape index (κ2) is 7.32. The highest BCUT2D eigenvalue weighted by molar-refractivity contribution is 14.1. The van der Waals surface area contributed by atoms with E-state index in [1.165, 1.54) is 23.4 Å². The normalized spacial score (nSPS) is 16.3. The van der Waals surface area contributed by atoms with Crippen LogP contribution in [-0.2, 0) is 9.84 Å². The van der Waals surface area contributed by atoms with Crippen LogP contribution in [0.3, 0.4) is 0 Å². The van der Waals surface area contributed by atoms with Gasteiger partial charge in [-0.25, -0.2) is 12.8 Å². The second-order valence-corrected chi connectivity index (χ2v) is 9.92. The summed E-state index contributed by atoms with van der Waals surface area (Å²) >= 11 is 2.01. The first-order chi connectivity index (χ1) is 13.3. The molecule has 0 unspecified atom stereocenters. The molecular weight excluding hydrogens is 500 g/mol. The second-order valence-electron chi connectivity index (χ2n) is 6.37. The van der Waals surface area contributed by atoms with Crippen LogP contribution in [0, 0.1) is 9.39 Å². The van der Waals surface area contributed by atoms with Crippen molar-refractivity contribution in [1.29, 1.82) is 0 Å². The van der Waals surface area contributed by atoms with Gasteiger partial charge >= 0.3 is 0 Å². The number of carbonyl (C=O) groups is 1. The van der Waals surface area contributed by atoms with Crippen molar-refractivity contribution in [3.63, 3.8) is 0 Å². The molecule has 1 aromatic carbocycles. The summed E-state index contributed by atoms with van der Waals surface area (Å²) in [6.45, 7) is 0.182. The lowest BCUT2D eigenvalue weighted by molar-refractivity contribution is 0.0742. The maximum atomic E-state index is 14.3. The Morgan fingerprint density at radius 3 is 2.71 bits per heavy atom. The van der Waals surface area contributed by atoms with Gasteiger partial charge in [0, 0.05) is 29.1 Å². The molecule has 0 radical (unpaired) electrons. The number of aromatic nitrogens is 1. The van der Waals surface area contributed by atoms with Crippen LogP contribution >= 0.6 is 22.6 Å². The Hall–Kier alpha value is -2.21. The standard InChI is InChI=1S/C18H15FIN3O4S/c19-13-9-11(20)1-2-14(13)22-16-12-10-21-4-3-15(12)27-17(16)18(24)23-5-7-28(25,26)8-6-23/h1-4,9-10,22H,5-8H2. The Labute approximate surface area is 174 Å². The van der Waals surface area contributed by atoms with Crippen molar-refractivity contribution in [1.82, 2.24) is 9.88 Å². The van der Waals surface area contributed by atoms with Gasteiger partial charge in [-0.15, -0.1) is 0 Å². The first-order valence-electron chi connectivity index (χ1n) is 8.42. The Morgan fingerprint density at radius 1 is 1.25 bits per heavy atom. The molecule has 2 aromatic heterocycles. The molecule has 1 saturated heterocycles. The summed E-state index contributed by atoms with van der Waals surface area (Å²) in [6.07, 6.45) is 3.06. The van der Waals surface area contributed by atoms with E-state index in [0.29, 0.717) is 16.7 Å². The van der Waals surface area contributed by atoms with Gasteiger partial charge < -0.3 is 14.6 Å². The number of pyridine rings is 1. The van der Waals surface area contributed by atoms with Crippen LogP contribution in [0.4, 0.5) is 15.8 Å². The van der Waals surface area contributed by atoms with Gasteiger partial charge in [0.15, 0.2) is 9.84 Å². The monoisotopic (exact) mass is 515 g/mol. The van der Waals surface area contributed by atoms with E-state index in [1.54, 1.807) is 18.2 Å². The highest BCUT2D eigenvalue weighted by atomic mass is 127. The number of anilines is 2. The van der Waals surface area contributed by atoms with Crippen LogP contribution in [0.2, 0.25) is 0 Å². The van der Waals surface area contributed by atoms with Crippen LogP contribution < -0.4 is 5.32 Å². The van der Waals surface area contributed by atoms with Crippen molar-refractivity contribution in [2.24, 2.45) is 0 Å². The zero-order valence-electron chi connectivity index (χ0n) is 14.5. The molecule has 1 amide bonds. The molecule has 1 aliphatic heterocycles. The van der Waals surface area contributed by atoms with Crippen molar-refractivity contribution in [2.75, 3.05) is 29.9 Å². The topological polar surface area (TPSA) is 92.5 Å². The smallest absolute Gasteiger partial charge is 0.291 e. The number of hydrogen-bond donors (Lipinski definition) is 1. The average Bonchev–Trinajstić information content (AvgIpc) is 3.02. The number of fused-ring (bicyclic) bond motifs is 1. The minimum absolute atomic E-state index is 0.000230. The van der Waals surface area contributed by atoms with E-state index in [4.69, 9.17) is 4.42 Å². The van der Waals surface area contributed by atoms with Gasteiger partial charge in [0.05, 0.1) is 22.6 Å². The summed E-state index contributed by atoms with van der Waals surface area (Å²) in [4.78, 5) is 18.5. The fourth-order valence-corrected chi connectivity index (χ4v) is 4.66. The van der Waals surface area contributed by atoms with E-state index in [2.05, 4.69) is 10.3 Å². The van der Waals surface area contributed by atoms with E-state index in [0.717, 1.165) is 3.57 Å². The van der Waals surface area contributed by atoms with Gasteiger partial charge in [0.25, 0.3) is 5.91 Å². The molecule has 10 heteroatoms. The molecule has 0 atom stereocenters. The third kappa shape index (κ3) is 3.70. The quantitative estimate of drug-likeness (QED) is 0.539. The molecule has 0 aliphatic carbocycles. The van der Waals surface area contributed by atoms with Gasteiger partial charge in [0.2, 0.25) is 5.76 Å². The molecule has 1 N–H and O–H groups in total. The van der Waals surface area contributed by atoms with Crippen LogP contribution in [0.25, 0.3) is 11.0 Å². The fraction of sp³-hybridized carbons (Fsp3) is 0.222. The average molecular weight is 515 g/mol. The summed E-state index contributed by atoms with van der Waals surface area (Å²) < 4.78 is 44.1. The minimum atomic E-state index is -3.12. The van der Waals surface area contributed by atoms with E-state index in [-0.39, 0.29) is 36.0 Å².